The van der Waals surface area contributed by atoms with E-state index in [-0.39, 0.29) is 31.5 Å². The monoisotopic (exact) mass is 416 g/mol. The Balaban J connectivity index is 1.54. The zero-order valence-electron chi connectivity index (χ0n) is 17.0. The van der Waals surface area contributed by atoms with Gasteiger partial charge in [0.1, 0.15) is 23.6 Å². The molecule has 4 atom stereocenters. The number of carbonyl (C=O) groups excluding carboxylic acids is 3. The van der Waals surface area contributed by atoms with E-state index in [1.807, 2.05) is 12.2 Å². The van der Waals surface area contributed by atoms with Crippen LogP contribution >= 0.6 is 0 Å². The third-order valence-corrected chi connectivity index (χ3v) is 5.77. The van der Waals surface area contributed by atoms with Crippen molar-refractivity contribution in [3.05, 3.63) is 30.4 Å². The first kappa shape index (κ1) is 20.2. The molecule has 30 heavy (non-hydrogen) atoms. The summed E-state index contributed by atoms with van der Waals surface area (Å²) in [5.74, 6) is -1.46. The minimum absolute atomic E-state index is 0.159. The second-order valence-corrected chi connectivity index (χ2v) is 7.45. The minimum atomic E-state index is -0.889. The summed E-state index contributed by atoms with van der Waals surface area (Å²) in [4.78, 5) is 39.5. The molecule has 0 unspecified atom stereocenters. The largest absolute Gasteiger partial charge is 0.497 e. The molecule has 3 aliphatic heterocycles. The van der Waals surface area contributed by atoms with Crippen molar-refractivity contribution >= 4 is 23.5 Å². The summed E-state index contributed by atoms with van der Waals surface area (Å²) in [6.45, 7) is 2.01. The Morgan fingerprint density at radius 3 is 2.80 bits per heavy atom. The van der Waals surface area contributed by atoms with Crippen LogP contribution < -0.4 is 14.8 Å². The molecule has 160 valence electrons. The van der Waals surface area contributed by atoms with Crippen LogP contribution in [0.3, 0.4) is 0 Å². The van der Waals surface area contributed by atoms with Crippen LogP contribution in [0.25, 0.3) is 0 Å². The lowest BCUT2D eigenvalue weighted by Gasteiger charge is -2.24. The summed E-state index contributed by atoms with van der Waals surface area (Å²) < 4.78 is 21.5. The highest BCUT2D eigenvalue weighted by atomic mass is 16.5. The Bertz CT molecular complexity index is 915. The second-order valence-electron chi connectivity index (χ2n) is 7.45. The molecule has 1 spiro atoms. The van der Waals surface area contributed by atoms with Gasteiger partial charge in [-0.05, 0) is 19.1 Å². The van der Waals surface area contributed by atoms with Gasteiger partial charge in [-0.25, -0.2) is 0 Å². The third kappa shape index (κ3) is 3.19. The van der Waals surface area contributed by atoms with Crippen molar-refractivity contribution in [2.45, 2.75) is 18.6 Å². The minimum Gasteiger partial charge on any atom is -0.497 e. The summed E-state index contributed by atoms with van der Waals surface area (Å²) in [6, 6.07) is 5.05. The normalized spacial score (nSPS) is 28.4. The van der Waals surface area contributed by atoms with Gasteiger partial charge in [0.2, 0.25) is 11.8 Å². The fourth-order valence-electron chi connectivity index (χ4n) is 4.49. The van der Waals surface area contributed by atoms with Crippen molar-refractivity contribution in [2.75, 3.05) is 39.2 Å². The van der Waals surface area contributed by atoms with Crippen LogP contribution in [-0.4, -0.2) is 68.3 Å². The summed E-state index contributed by atoms with van der Waals surface area (Å²) in [5.41, 5.74) is -0.418. The summed E-state index contributed by atoms with van der Waals surface area (Å²) >= 11 is 0. The molecule has 0 saturated carbocycles. The molecule has 2 fully saturated rings. The van der Waals surface area contributed by atoms with Gasteiger partial charge in [-0.3, -0.25) is 14.4 Å². The SMILES string of the molecule is CCOC(=O)CN1C[C@@]23C=C[C@@H](O2)[C@@H](C(=O)Nc2ccc(OC)cc2OC)[C@@H]3C1=O. The van der Waals surface area contributed by atoms with Crippen LogP contribution in [0.1, 0.15) is 6.92 Å². The quantitative estimate of drug-likeness (QED) is 0.522. The topological polar surface area (TPSA) is 103 Å². The van der Waals surface area contributed by atoms with E-state index >= 15 is 0 Å². The predicted octanol–water partition coefficient (Wildman–Crippen LogP) is 0.987. The molecule has 2 saturated heterocycles. The van der Waals surface area contributed by atoms with Crippen LogP contribution in [-0.2, 0) is 23.9 Å². The molecule has 1 aromatic carbocycles. The van der Waals surface area contributed by atoms with E-state index in [0.29, 0.717) is 17.2 Å². The smallest absolute Gasteiger partial charge is 0.325 e. The average Bonchev–Trinajstić information content (AvgIpc) is 3.36. The number of hydrogen-bond donors (Lipinski definition) is 1. The molecule has 1 N–H and O–H groups in total. The molecular weight excluding hydrogens is 392 g/mol. The number of nitrogens with zero attached hydrogens (tertiary/aromatic N) is 1. The number of carbonyl (C=O) groups is 3. The number of hydrogen-bond acceptors (Lipinski definition) is 7. The van der Waals surface area contributed by atoms with Gasteiger partial charge in [0.05, 0.1) is 51.0 Å². The lowest BCUT2D eigenvalue weighted by molar-refractivity contribution is -0.148. The van der Waals surface area contributed by atoms with E-state index in [0.717, 1.165) is 0 Å². The van der Waals surface area contributed by atoms with Crippen LogP contribution in [0.4, 0.5) is 5.69 Å². The molecule has 4 rings (SSSR count). The van der Waals surface area contributed by atoms with Gasteiger partial charge in [0.15, 0.2) is 0 Å². The number of benzene rings is 1. The number of amides is 2. The van der Waals surface area contributed by atoms with Crippen molar-refractivity contribution in [1.29, 1.82) is 0 Å². The molecule has 0 aliphatic carbocycles. The Kier molecular flexibility index (Phi) is 5.15. The van der Waals surface area contributed by atoms with Crippen LogP contribution in [0.15, 0.2) is 30.4 Å². The molecule has 3 heterocycles. The highest BCUT2D eigenvalue weighted by molar-refractivity contribution is 6.00. The molecule has 2 bridgehead atoms. The Hall–Kier alpha value is -3.07. The number of ether oxygens (including phenoxy) is 4. The number of esters is 1. The van der Waals surface area contributed by atoms with Gasteiger partial charge >= 0.3 is 5.97 Å². The maximum atomic E-state index is 13.2. The van der Waals surface area contributed by atoms with E-state index in [1.54, 1.807) is 32.2 Å². The Morgan fingerprint density at radius 2 is 2.10 bits per heavy atom. The number of methoxy groups -OCH3 is 2. The second kappa shape index (κ2) is 7.64. The summed E-state index contributed by atoms with van der Waals surface area (Å²) in [7, 11) is 3.04. The molecular formula is C21H24N2O7. The van der Waals surface area contributed by atoms with E-state index < -0.39 is 29.5 Å². The maximum absolute atomic E-state index is 13.2. The highest BCUT2D eigenvalue weighted by Crippen LogP contribution is 2.52. The van der Waals surface area contributed by atoms with Gasteiger partial charge in [0.25, 0.3) is 0 Å². The number of anilines is 1. The van der Waals surface area contributed by atoms with Gasteiger partial charge in [-0.15, -0.1) is 0 Å². The van der Waals surface area contributed by atoms with Crippen molar-refractivity contribution in [2.24, 2.45) is 11.8 Å². The molecule has 1 aromatic rings. The number of rotatable bonds is 7. The van der Waals surface area contributed by atoms with E-state index in [9.17, 15) is 14.4 Å². The lowest BCUT2D eigenvalue weighted by Crippen LogP contribution is -2.42. The molecule has 9 heteroatoms. The fraction of sp³-hybridized carbons (Fsp3) is 0.476. The molecule has 0 aromatic heterocycles. The molecule has 9 nitrogen and oxygen atoms in total. The van der Waals surface area contributed by atoms with Gasteiger partial charge in [-0.1, -0.05) is 12.2 Å². The van der Waals surface area contributed by atoms with Gasteiger partial charge < -0.3 is 29.2 Å². The van der Waals surface area contributed by atoms with Crippen molar-refractivity contribution < 1.29 is 33.3 Å². The first-order chi connectivity index (χ1) is 14.4. The third-order valence-electron chi connectivity index (χ3n) is 5.77. The van der Waals surface area contributed by atoms with Crippen LogP contribution in [0.5, 0.6) is 11.5 Å². The molecule has 0 radical (unpaired) electrons. The van der Waals surface area contributed by atoms with Gasteiger partial charge in [-0.2, -0.15) is 0 Å². The average molecular weight is 416 g/mol. The summed E-state index contributed by atoms with van der Waals surface area (Å²) in [5, 5.41) is 2.85. The summed E-state index contributed by atoms with van der Waals surface area (Å²) in [6.07, 6.45) is 3.16. The molecule has 3 aliphatic rings. The predicted molar refractivity (Wildman–Crippen MR) is 105 cm³/mol. The number of fused-ring (bicyclic) bond motifs is 1. The zero-order valence-corrected chi connectivity index (χ0v) is 17.0. The van der Waals surface area contributed by atoms with Crippen molar-refractivity contribution in [1.82, 2.24) is 4.90 Å². The Morgan fingerprint density at radius 1 is 1.30 bits per heavy atom. The van der Waals surface area contributed by atoms with E-state index in [2.05, 4.69) is 5.32 Å². The number of nitrogens with one attached hydrogen (secondary N) is 1. The van der Waals surface area contributed by atoms with Crippen LogP contribution in [0, 0.1) is 11.8 Å². The maximum Gasteiger partial charge on any atom is 0.325 e. The first-order valence-electron chi connectivity index (χ1n) is 9.77. The fourth-order valence-corrected chi connectivity index (χ4v) is 4.49. The zero-order chi connectivity index (χ0) is 21.5. The van der Waals surface area contributed by atoms with Crippen molar-refractivity contribution in [3.63, 3.8) is 0 Å². The molecule has 2 amide bonds. The van der Waals surface area contributed by atoms with E-state index in [1.165, 1.54) is 12.0 Å². The van der Waals surface area contributed by atoms with Crippen molar-refractivity contribution in [3.8, 4) is 11.5 Å². The van der Waals surface area contributed by atoms with E-state index in [4.69, 9.17) is 18.9 Å². The lowest BCUT2D eigenvalue weighted by atomic mass is 9.76. The van der Waals surface area contributed by atoms with Gasteiger partial charge in [0, 0.05) is 6.07 Å². The Labute approximate surface area is 173 Å². The standard InChI is InChI=1S/C21H24N2O7/c1-4-29-16(24)10-23-11-21-8-7-14(30-21)17(18(21)20(23)26)19(25)22-13-6-5-12(27-2)9-15(13)28-3/h5-9,14,17-18H,4,10-11H2,1-3H3,(H,22,25)/t14-,17-,18-,21-/m1/s1. The first-order valence-corrected chi connectivity index (χ1v) is 9.77. The number of likely N-dealkylation sites (tertiary alicyclic amines) is 1. The highest BCUT2D eigenvalue weighted by Gasteiger charge is 2.67. The van der Waals surface area contributed by atoms with Crippen LogP contribution in [0.2, 0.25) is 0 Å².